The summed E-state index contributed by atoms with van der Waals surface area (Å²) in [7, 11) is 2.06. The van der Waals surface area contributed by atoms with Crippen molar-refractivity contribution in [2.24, 2.45) is 0 Å². The first-order valence-corrected chi connectivity index (χ1v) is 6.10. The molecule has 5 heteroatoms. The Morgan fingerprint density at radius 1 is 1.39 bits per heavy atom. The fourth-order valence-corrected chi connectivity index (χ4v) is 2.02. The summed E-state index contributed by atoms with van der Waals surface area (Å²) >= 11 is 0. The molecule has 0 bridgehead atoms. The molecule has 1 N–H and O–H groups in total. The second-order valence-electron chi connectivity index (χ2n) is 4.63. The minimum atomic E-state index is -0.809. The minimum Gasteiger partial charge on any atom is -0.374 e. The number of hydrogen-bond donors (Lipinski definition) is 1. The van der Waals surface area contributed by atoms with Crippen LogP contribution in [0.15, 0.2) is 18.2 Å². The van der Waals surface area contributed by atoms with E-state index in [1.54, 1.807) is 6.07 Å². The molecule has 2 rings (SSSR count). The van der Waals surface area contributed by atoms with Crippen LogP contribution < -0.4 is 5.32 Å². The van der Waals surface area contributed by atoms with Crippen molar-refractivity contribution in [1.29, 1.82) is 0 Å². The first-order chi connectivity index (χ1) is 8.65. The second-order valence-corrected chi connectivity index (χ2v) is 4.63. The lowest BCUT2D eigenvalue weighted by Gasteiger charge is -2.30. The van der Waals surface area contributed by atoms with E-state index < -0.39 is 11.6 Å². The second kappa shape index (κ2) is 6.22. The fraction of sp³-hybridized carbons (Fsp3) is 0.538. The van der Waals surface area contributed by atoms with E-state index in [1.165, 1.54) is 6.07 Å². The van der Waals surface area contributed by atoms with Gasteiger partial charge in [-0.15, -0.1) is 0 Å². The summed E-state index contributed by atoms with van der Waals surface area (Å²) in [5.74, 6) is -1.61. The van der Waals surface area contributed by atoms with Crippen LogP contribution in [0.25, 0.3) is 0 Å². The van der Waals surface area contributed by atoms with Crippen LogP contribution in [0.4, 0.5) is 8.78 Å². The molecule has 0 radical (unpaired) electrons. The highest BCUT2D eigenvalue weighted by Gasteiger charge is 2.16. The van der Waals surface area contributed by atoms with Gasteiger partial charge in [0.15, 0.2) is 11.6 Å². The van der Waals surface area contributed by atoms with Gasteiger partial charge in [-0.25, -0.2) is 8.78 Å². The Kier molecular flexibility index (Phi) is 4.63. The topological polar surface area (TPSA) is 24.5 Å². The van der Waals surface area contributed by atoms with Gasteiger partial charge in [-0.05, 0) is 24.7 Å². The summed E-state index contributed by atoms with van der Waals surface area (Å²) in [6, 6.07) is 3.95. The molecular formula is C13H18F2N2O. The summed E-state index contributed by atoms with van der Waals surface area (Å²) in [6.07, 6.45) is 0.161. The summed E-state index contributed by atoms with van der Waals surface area (Å²) in [5.41, 5.74) is 0.734. The summed E-state index contributed by atoms with van der Waals surface area (Å²) in [6.45, 7) is 3.82. The fourth-order valence-electron chi connectivity index (χ4n) is 2.02. The molecule has 1 aromatic carbocycles. The summed E-state index contributed by atoms with van der Waals surface area (Å²) < 4.78 is 31.3. The van der Waals surface area contributed by atoms with Crippen LogP contribution in [-0.2, 0) is 11.3 Å². The average molecular weight is 256 g/mol. The highest BCUT2D eigenvalue weighted by atomic mass is 19.2. The van der Waals surface area contributed by atoms with Gasteiger partial charge in [-0.1, -0.05) is 6.07 Å². The third kappa shape index (κ3) is 3.73. The highest BCUT2D eigenvalue weighted by Crippen LogP contribution is 2.08. The number of ether oxygens (including phenoxy) is 1. The van der Waals surface area contributed by atoms with Crippen molar-refractivity contribution in [2.45, 2.75) is 12.6 Å². The number of halogens is 2. The van der Waals surface area contributed by atoms with E-state index in [2.05, 4.69) is 17.3 Å². The number of nitrogens with zero attached hydrogens (tertiary/aromatic N) is 1. The van der Waals surface area contributed by atoms with E-state index in [1.807, 2.05) is 0 Å². The summed E-state index contributed by atoms with van der Waals surface area (Å²) in [5, 5.41) is 3.20. The van der Waals surface area contributed by atoms with Crippen molar-refractivity contribution in [3.8, 4) is 0 Å². The largest absolute Gasteiger partial charge is 0.374 e. The van der Waals surface area contributed by atoms with Crippen molar-refractivity contribution in [2.75, 3.05) is 33.3 Å². The Hall–Kier alpha value is -1.04. The smallest absolute Gasteiger partial charge is 0.159 e. The first-order valence-electron chi connectivity index (χ1n) is 6.10. The van der Waals surface area contributed by atoms with Crippen molar-refractivity contribution < 1.29 is 13.5 Å². The molecule has 3 nitrogen and oxygen atoms in total. The maximum atomic E-state index is 13.0. The molecule has 0 amide bonds. The molecular weight excluding hydrogens is 238 g/mol. The van der Waals surface area contributed by atoms with Crippen molar-refractivity contribution in [3.05, 3.63) is 35.4 Å². The molecule has 1 fully saturated rings. The highest BCUT2D eigenvalue weighted by molar-refractivity contribution is 5.17. The van der Waals surface area contributed by atoms with E-state index in [0.717, 1.165) is 31.3 Å². The van der Waals surface area contributed by atoms with Crippen molar-refractivity contribution in [3.63, 3.8) is 0 Å². The Labute approximate surface area is 106 Å². The number of rotatable bonds is 4. The average Bonchev–Trinajstić information content (AvgIpc) is 2.34. The van der Waals surface area contributed by atoms with E-state index in [4.69, 9.17) is 4.74 Å². The molecule has 1 aliphatic rings. The first kappa shape index (κ1) is 13.4. The van der Waals surface area contributed by atoms with Crippen LogP contribution in [0.2, 0.25) is 0 Å². The molecule has 1 aromatic rings. The van der Waals surface area contributed by atoms with Gasteiger partial charge in [-0.2, -0.15) is 0 Å². The van der Waals surface area contributed by atoms with Gasteiger partial charge >= 0.3 is 0 Å². The Bertz CT molecular complexity index is 401. The zero-order valence-corrected chi connectivity index (χ0v) is 10.5. The normalized spacial score (nSPS) is 21.2. The predicted molar refractivity (Wildman–Crippen MR) is 65.3 cm³/mol. The molecule has 0 aliphatic carbocycles. The number of morpholine rings is 1. The van der Waals surface area contributed by atoms with Crippen LogP contribution >= 0.6 is 0 Å². The minimum absolute atomic E-state index is 0.161. The molecule has 0 spiro atoms. The maximum Gasteiger partial charge on any atom is 0.159 e. The predicted octanol–water partition coefficient (Wildman–Crippen LogP) is 1.38. The van der Waals surface area contributed by atoms with Crippen LogP contribution in [0.5, 0.6) is 0 Å². The molecule has 18 heavy (non-hydrogen) atoms. The van der Waals surface area contributed by atoms with Crippen molar-refractivity contribution >= 4 is 0 Å². The zero-order chi connectivity index (χ0) is 13.0. The lowest BCUT2D eigenvalue weighted by Crippen LogP contribution is -2.44. The molecule has 1 saturated heterocycles. The number of hydrogen-bond acceptors (Lipinski definition) is 3. The van der Waals surface area contributed by atoms with Crippen LogP contribution in [0.1, 0.15) is 5.56 Å². The Morgan fingerprint density at radius 2 is 2.22 bits per heavy atom. The lowest BCUT2D eigenvalue weighted by molar-refractivity contribution is -0.0182. The van der Waals surface area contributed by atoms with Crippen LogP contribution in [-0.4, -0.2) is 44.3 Å². The molecule has 0 aromatic heterocycles. The molecule has 100 valence electrons. The maximum absolute atomic E-state index is 13.0. The number of benzene rings is 1. The SMILES string of the molecule is CN1CCO[C@H](CNCc2ccc(F)c(F)c2)C1. The summed E-state index contributed by atoms with van der Waals surface area (Å²) in [4.78, 5) is 2.22. The van der Waals surface area contributed by atoms with Crippen LogP contribution in [0, 0.1) is 11.6 Å². The van der Waals surface area contributed by atoms with Gasteiger partial charge < -0.3 is 15.0 Å². The zero-order valence-electron chi connectivity index (χ0n) is 10.5. The molecule has 0 saturated carbocycles. The van der Waals surface area contributed by atoms with Gasteiger partial charge in [-0.3, -0.25) is 0 Å². The van der Waals surface area contributed by atoms with E-state index in [9.17, 15) is 8.78 Å². The molecule has 0 unspecified atom stereocenters. The molecule has 1 atom stereocenters. The quantitative estimate of drug-likeness (QED) is 0.881. The third-order valence-electron chi connectivity index (χ3n) is 3.03. The van der Waals surface area contributed by atoms with Gasteiger partial charge in [0.1, 0.15) is 0 Å². The Morgan fingerprint density at radius 3 is 2.94 bits per heavy atom. The molecule has 1 heterocycles. The van der Waals surface area contributed by atoms with E-state index in [-0.39, 0.29) is 6.10 Å². The van der Waals surface area contributed by atoms with Gasteiger partial charge in [0.25, 0.3) is 0 Å². The van der Waals surface area contributed by atoms with Gasteiger partial charge in [0, 0.05) is 26.2 Å². The van der Waals surface area contributed by atoms with Crippen LogP contribution in [0.3, 0.4) is 0 Å². The molecule has 1 aliphatic heterocycles. The standard InChI is InChI=1S/C13H18F2N2O/c1-17-4-5-18-11(9-17)8-16-7-10-2-3-12(14)13(15)6-10/h2-3,6,11,16H,4-5,7-9H2,1H3/t11-/m1/s1. The third-order valence-corrected chi connectivity index (χ3v) is 3.03. The van der Waals surface area contributed by atoms with E-state index in [0.29, 0.717) is 13.1 Å². The van der Waals surface area contributed by atoms with Gasteiger partial charge in [0.05, 0.1) is 12.7 Å². The number of nitrogens with one attached hydrogen (secondary N) is 1. The van der Waals surface area contributed by atoms with Gasteiger partial charge in [0.2, 0.25) is 0 Å². The lowest BCUT2D eigenvalue weighted by atomic mass is 10.2. The Balaban J connectivity index is 1.76. The monoisotopic (exact) mass is 256 g/mol. The number of likely N-dealkylation sites (N-methyl/N-ethyl adjacent to an activating group) is 1. The van der Waals surface area contributed by atoms with E-state index >= 15 is 0 Å². The van der Waals surface area contributed by atoms with Crippen molar-refractivity contribution in [1.82, 2.24) is 10.2 Å².